The minimum Gasteiger partial charge on any atom is -0.488 e. The van der Waals surface area contributed by atoms with Crippen LogP contribution in [0.3, 0.4) is 0 Å². The first-order valence-electron chi connectivity index (χ1n) is 8.51. The lowest BCUT2D eigenvalue weighted by atomic mass is 10.1. The quantitative estimate of drug-likeness (QED) is 0.384. The summed E-state index contributed by atoms with van der Waals surface area (Å²) in [7, 11) is 1.75. The summed E-state index contributed by atoms with van der Waals surface area (Å²) in [5, 5.41) is 14.6. The number of nitrogens with zero attached hydrogens (tertiary/aromatic N) is 4. The van der Waals surface area contributed by atoms with Crippen LogP contribution < -0.4 is 15.4 Å². The Morgan fingerprint density at radius 1 is 1.19 bits per heavy atom. The number of hydrogen-bond acceptors (Lipinski definition) is 4. The maximum absolute atomic E-state index is 6.03. The number of aliphatic imine (C=N–C) groups is 1. The van der Waals surface area contributed by atoms with E-state index in [-0.39, 0.29) is 29.6 Å². The number of guanidine groups is 1. The molecule has 0 saturated carbocycles. The standard InChI is InChI=1S/C18H28N6O.HI/c1-6-24-13-22-23-16(24)12-21-17(19-5)20-11-14-9-7-8-10-15(14)25-18(2,3)4;/h7-10,13H,6,11-12H2,1-5H3,(H2,19,20,21);1H. The number of nitrogens with one attached hydrogen (secondary N) is 2. The molecule has 0 aliphatic rings. The number of ether oxygens (including phenoxy) is 1. The van der Waals surface area contributed by atoms with Gasteiger partial charge in [-0.15, -0.1) is 34.2 Å². The Labute approximate surface area is 172 Å². The van der Waals surface area contributed by atoms with E-state index < -0.39 is 0 Å². The molecule has 0 atom stereocenters. The van der Waals surface area contributed by atoms with Gasteiger partial charge in [0.05, 0.1) is 6.54 Å². The summed E-state index contributed by atoms with van der Waals surface area (Å²) >= 11 is 0. The molecule has 2 N–H and O–H groups in total. The fourth-order valence-corrected chi connectivity index (χ4v) is 2.32. The summed E-state index contributed by atoms with van der Waals surface area (Å²) in [6, 6.07) is 8.03. The van der Waals surface area contributed by atoms with Gasteiger partial charge >= 0.3 is 0 Å². The van der Waals surface area contributed by atoms with Gasteiger partial charge in [0.25, 0.3) is 0 Å². The van der Waals surface area contributed by atoms with E-state index in [0.29, 0.717) is 19.0 Å². The summed E-state index contributed by atoms with van der Waals surface area (Å²) in [6.07, 6.45) is 1.73. The molecule has 0 unspecified atom stereocenters. The second kappa shape index (κ2) is 10.3. The van der Waals surface area contributed by atoms with Gasteiger partial charge in [-0.25, -0.2) is 0 Å². The van der Waals surface area contributed by atoms with Crippen LogP contribution in [0.15, 0.2) is 35.6 Å². The van der Waals surface area contributed by atoms with E-state index in [2.05, 4.69) is 38.8 Å². The van der Waals surface area contributed by atoms with Crippen LogP contribution in [-0.2, 0) is 19.6 Å². The smallest absolute Gasteiger partial charge is 0.191 e. The highest BCUT2D eigenvalue weighted by molar-refractivity contribution is 14.0. The Morgan fingerprint density at radius 3 is 2.54 bits per heavy atom. The van der Waals surface area contributed by atoms with Gasteiger partial charge in [-0.2, -0.15) is 0 Å². The lowest BCUT2D eigenvalue weighted by Gasteiger charge is -2.23. The SMILES string of the molecule is CCn1cnnc1CNC(=NC)NCc1ccccc1OC(C)(C)C.I. The van der Waals surface area contributed by atoms with Crippen molar-refractivity contribution in [3.05, 3.63) is 42.0 Å². The van der Waals surface area contributed by atoms with E-state index in [1.807, 2.05) is 43.5 Å². The lowest BCUT2D eigenvalue weighted by Crippen LogP contribution is -2.37. The summed E-state index contributed by atoms with van der Waals surface area (Å²) in [6.45, 7) is 10.2. The molecular weight excluding hydrogens is 443 g/mol. The molecule has 0 bridgehead atoms. The molecule has 7 nitrogen and oxygen atoms in total. The summed E-state index contributed by atoms with van der Waals surface area (Å²) in [5.41, 5.74) is 0.845. The second-order valence-electron chi connectivity index (χ2n) is 6.63. The number of rotatable bonds is 6. The van der Waals surface area contributed by atoms with Crippen LogP contribution in [0.1, 0.15) is 39.1 Å². The van der Waals surface area contributed by atoms with Gasteiger partial charge in [0.2, 0.25) is 0 Å². The van der Waals surface area contributed by atoms with E-state index in [1.54, 1.807) is 13.4 Å². The Hall–Kier alpha value is -1.84. The van der Waals surface area contributed by atoms with Crippen molar-refractivity contribution in [1.82, 2.24) is 25.4 Å². The molecule has 0 saturated heterocycles. The predicted molar refractivity (Wildman–Crippen MR) is 115 cm³/mol. The van der Waals surface area contributed by atoms with Crippen molar-refractivity contribution in [2.75, 3.05) is 7.05 Å². The van der Waals surface area contributed by atoms with E-state index in [0.717, 1.165) is 23.7 Å². The average molecular weight is 472 g/mol. The molecule has 26 heavy (non-hydrogen) atoms. The van der Waals surface area contributed by atoms with Crippen LogP contribution in [-0.4, -0.2) is 33.4 Å². The zero-order valence-electron chi connectivity index (χ0n) is 16.1. The number of hydrogen-bond donors (Lipinski definition) is 2. The molecule has 0 spiro atoms. The fourth-order valence-electron chi connectivity index (χ4n) is 2.32. The molecule has 0 aliphatic heterocycles. The number of para-hydroxylation sites is 1. The molecule has 144 valence electrons. The van der Waals surface area contributed by atoms with Crippen molar-refractivity contribution < 1.29 is 4.74 Å². The second-order valence-corrected chi connectivity index (χ2v) is 6.63. The van der Waals surface area contributed by atoms with Crippen molar-refractivity contribution in [2.24, 2.45) is 4.99 Å². The van der Waals surface area contributed by atoms with E-state index >= 15 is 0 Å². The van der Waals surface area contributed by atoms with Crippen LogP contribution in [0.4, 0.5) is 0 Å². The summed E-state index contributed by atoms with van der Waals surface area (Å²) in [4.78, 5) is 4.26. The minimum absolute atomic E-state index is 0. The molecule has 2 aromatic rings. The Bertz CT molecular complexity index is 708. The normalized spacial score (nSPS) is 11.7. The first-order chi connectivity index (χ1) is 11.9. The van der Waals surface area contributed by atoms with Crippen molar-refractivity contribution in [1.29, 1.82) is 0 Å². The van der Waals surface area contributed by atoms with Crippen LogP contribution in [0.25, 0.3) is 0 Å². The molecule has 2 rings (SSSR count). The van der Waals surface area contributed by atoms with Gasteiger partial charge in [-0.05, 0) is 33.8 Å². The first-order valence-corrected chi connectivity index (χ1v) is 8.51. The van der Waals surface area contributed by atoms with Crippen molar-refractivity contribution >= 4 is 29.9 Å². The third kappa shape index (κ3) is 6.81. The molecule has 0 fully saturated rings. The van der Waals surface area contributed by atoms with Crippen LogP contribution >= 0.6 is 24.0 Å². The number of benzene rings is 1. The van der Waals surface area contributed by atoms with Crippen molar-refractivity contribution in [3.63, 3.8) is 0 Å². The maximum atomic E-state index is 6.03. The summed E-state index contributed by atoms with van der Waals surface area (Å²) in [5.74, 6) is 2.46. The number of aryl methyl sites for hydroxylation is 1. The third-order valence-electron chi connectivity index (χ3n) is 3.51. The molecule has 0 amide bonds. The highest BCUT2D eigenvalue weighted by atomic mass is 127. The van der Waals surface area contributed by atoms with Gasteiger partial charge in [0.15, 0.2) is 11.8 Å². The number of halogens is 1. The molecule has 0 aliphatic carbocycles. The first kappa shape index (κ1) is 22.2. The van der Waals surface area contributed by atoms with Crippen LogP contribution in [0.2, 0.25) is 0 Å². The van der Waals surface area contributed by atoms with Gasteiger partial charge in [0, 0.05) is 25.7 Å². The molecular formula is C18H29IN6O. The highest BCUT2D eigenvalue weighted by Gasteiger charge is 2.14. The largest absolute Gasteiger partial charge is 0.488 e. The monoisotopic (exact) mass is 472 g/mol. The highest BCUT2D eigenvalue weighted by Crippen LogP contribution is 2.22. The molecule has 1 heterocycles. The minimum atomic E-state index is -0.236. The Balaban J connectivity index is 0.00000338. The van der Waals surface area contributed by atoms with Gasteiger partial charge in [0.1, 0.15) is 17.7 Å². The maximum Gasteiger partial charge on any atom is 0.191 e. The summed E-state index contributed by atoms with van der Waals surface area (Å²) < 4.78 is 8.02. The predicted octanol–water partition coefficient (Wildman–Crippen LogP) is 2.96. The Morgan fingerprint density at radius 2 is 1.88 bits per heavy atom. The molecule has 1 aromatic carbocycles. The third-order valence-corrected chi connectivity index (χ3v) is 3.51. The van der Waals surface area contributed by atoms with Gasteiger partial charge in [-0.3, -0.25) is 4.99 Å². The fraction of sp³-hybridized carbons (Fsp3) is 0.500. The van der Waals surface area contributed by atoms with E-state index in [9.17, 15) is 0 Å². The topological polar surface area (TPSA) is 76.4 Å². The van der Waals surface area contributed by atoms with Crippen molar-refractivity contribution in [2.45, 2.75) is 52.9 Å². The van der Waals surface area contributed by atoms with Gasteiger partial charge < -0.3 is 19.9 Å². The van der Waals surface area contributed by atoms with Crippen LogP contribution in [0, 0.1) is 0 Å². The van der Waals surface area contributed by atoms with Gasteiger partial charge in [-0.1, -0.05) is 18.2 Å². The zero-order valence-corrected chi connectivity index (χ0v) is 18.4. The van der Waals surface area contributed by atoms with E-state index in [1.165, 1.54) is 0 Å². The molecule has 1 aromatic heterocycles. The van der Waals surface area contributed by atoms with E-state index in [4.69, 9.17) is 4.74 Å². The molecule has 0 radical (unpaired) electrons. The lowest BCUT2D eigenvalue weighted by molar-refractivity contribution is 0.129. The molecule has 8 heteroatoms. The van der Waals surface area contributed by atoms with Crippen molar-refractivity contribution in [3.8, 4) is 5.75 Å². The Kier molecular flexibility index (Phi) is 8.83. The average Bonchev–Trinajstić information content (AvgIpc) is 3.02. The number of aromatic nitrogens is 3. The van der Waals surface area contributed by atoms with Crippen LogP contribution in [0.5, 0.6) is 5.75 Å². The zero-order chi connectivity index (χ0) is 18.3.